The van der Waals surface area contributed by atoms with Crippen molar-refractivity contribution in [3.63, 3.8) is 0 Å². The van der Waals surface area contributed by atoms with Gasteiger partial charge < -0.3 is 14.1 Å². The first kappa shape index (κ1) is 16.2. The minimum atomic E-state index is -0.382. The van der Waals surface area contributed by atoms with E-state index in [0.717, 1.165) is 16.7 Å². The van der Waals surface area contributed by atoms with Crippen LogP contribution in [0.25, 0.3) is 11.1 Å². The van der Waals surface area contributed by atoms with Gasteiger partial charge in [0, 0.05) is 13.1 Å². The summed E-state index contributed by atoms with van der Waals surface area (Å²) in [5.74, 6) is 0.0711. The van der Waals surface area contributed by atoms with Crippen LogP contribution in [0, 0.1) is 0 Å². The predicted molar refractivity (Wildman–Crippen MR) is 96.4 cm³/mol. The van der Waals surface area contributed by atoms with Crippen molar-refractivity contribution in [3.05, 3.63) is 60.2 Å². The lowest BCUT2D eigenvalue weighted by molar-refractivity contribution is -0.134. The fraction of sp³-hybridized carbons (Fsp3) is 0.263. The number of rotatable bonds is 4. The third-order valence-electron chi connectivity index (χ3n) is 4.14. The molecule has 0 radical (unpaired) electrons. The van der Waals surface area contributed by atoms with E-state index in [1.807, 2.05) is 59.5 Å². The maximum atomic E-state index is 13.1. The summed E-state index contributed by atoms with van der Waals surface area (Å²) in [5.41, 5.74) is 2.48. The lowest BCUT2D eigenvalue weighted by atomic mass is 10.1. The summed E-state index contributed by atoms with van der Waals surface area (Å²) in [5, 5.41) is 0.129. The Kier molecular flexibility index (Phi) is 4.72. The molecule has 0 spiro atoms. The molecule has 5 nitrogen and oxygen atoms in total. The number of benzene rings is 2. The van der Waals surface area contributed by atoms with Crippen molar-refractivity contribution in [2.24, 2.45) is 0 Å². The Morgan fingerprint density at radius 2 is 1.76 bits per heavy atom. The van der Waals surface area contributed by atoms with Gasteiger partial charge in [0.2, 0.25) is 5.91 Å². The number of morpholine rings is 1. The molecule has 0 saturated carbocycles. The van der Waals surface area contributed by atoms with Crippen molar-refractivity contribution in [2.75, 3.05) is 26.3 Å². The van der Waals surface area contributed by atoms with Crippen molar-refractivity contribution < 1.29 is 13.9 Å². The van der Waals surface area contributed by atoms with E-state index < -0.39 is 0 Å². The van der Waals surface area contributed by atoms with E-state index in [9.17, 15) is 4.79 Å². The Hall–Kier alpha value is -2.31. The number of thioether (sulfide) groups is 1. The SMILES string of the molecule is O=C(C(Sc1nc2ccccc2o1)c1ccccc1)N1CCOCC1. The Morgan fingerprint density at radius 1 is 1.04 bits per heavy atom. The maximum Gasteiger partial charge on any atom is 0.257 e. The lowest BCUT2D eigenvalue weighted by Crippen LogP contribution is -2.42. The van der Waals surface area contributed by atoms with Gasteiger partial charge in [-0.15, -0.1) is 0 Å². The van der Waals surface area contributed by atoms with E-state index in [1.165, 1.54) is 11.8 Å². The van der Waals surface area contributed by atoms with E-state index in [-0.39, 0.29) is 11.2 Å². The molecule has 2 aromatic carbocycles. The van der Waals surface area contributed by atoms with Gasteiger partial charge in [-0.3, -0.25) is 4.79 Å². The molecule has 128 valence electrons. The van der Waals surface area contributed by atoms with E-state index in [2.05, 4.69) is 4.98 Å². The van der Waals surface area contributed by atoms with E-state index >= 15 is 0 Å². The Labute approximate surface area is 150 Å². The number of amides is 1. The first-order valence-corrected chi connectivity index (χ1v) is 9.13. The maximum absolute atomic E-state index is 13.1. The zero-order valence-electron chi connectivity index (χ0n) is 13.6. The molecule has 2 heterocycles. The van der Waals surface area contributed by atoms with Crippen molar-refractivity contribution in [1.29, 1.82) is 0 Å². The van der Waals surface area contributed by atoms with Crippen LogP contribution in [-0.2, 0) is 9.53 Å². The molecule has 1 aromatic heterocycles. The summed E-state index contributed by atoms with van der Waals surface area (Å²) < 4.78 is 11.2. The van der Waals surface area contributed by atoms with Crippen LogP contribution in [-0.4, -0.2) is 42.1 Å². The number of nitrogens with zero attached hydrogens (tertiary/aromatic N) is 2. The second-order valence-corrected chi connectivity index (χ2v) is 6.85. The topological polar surface area (TPSA) is 55.6 Å². The fourth-order valence-corrected chi connectivity index (χ4v) is 3.87. The molecule has 1 atom stereocenters. The molecule has 1 saturated heterocycles. The van der Waals surface area contributed by atoms with Gasteiger partial charge in [0.1, 0.15) is 10.8 Å². The highest BCUT2D eigenvalue weighted by atomic mass is 32.2. The zero-order valence-corrected chi connectivity index (χ0v) is 14.4. The number of aromatic nitrogens is 1. The van der Waals surface area contributed by atoms with Crippen LogP contribution in [0.5, 0.6) is 0 Å². The normalized spacial score (nSPS) is 16.1. The number of carbonyl (C=O) groups is 1. The third kappa shape index (κ3) is 3.55. The summed E-state index contributed by atoms with van der Waals surface area (Å²) in [6.07, 6.45) is 0. The quantitative estimate of drug-likeness (QED) is 0.671. The lowest BCUT2D eigenvalue weighted by Gasteiger charge is -2.30. The van der Waals surface area contributed by atoms with Crippen molar-refractivity contribution >= 4 is 28.8 Å². The molecule has 1 fully saturated rings. The van der Waals surface area contributed by atoms with Gasteiger partial charge in [-0.05, 0) is 29.5 Å². The van der Waals surface area contributed by atoms with Crippen LogP contribution in [0.2, 0.25) is 0 Å². The number of para-hydroxylation sites is 2. The molecule has 1 aliphatic heterocycles. The minimum Gasteiger partial charge on any atom is -0.431 e. The summed E-state index contributed by atoms with van der Waals surface area (Å²) >= 11 is 1.36. The van der Waals surface area contributed by atoms with Crippen molar-refractivity contribution in [1.82, 2.24) is 9.88 Å². The number of ether oxygens (including phenoxy) is 1. The van der Waals surface area contributed by atoms with Crippen LogP contribution in [0.4, 0.5) is 0 Å². The van der Waals surface area contributed by atoms with Gasteiger partial charge in [0.05, 0.1) is 13.2 Å². The van der Waals surface area contributed by atoms with Crippen molar-refractivity contribution in [2.45, 2.75) is 10.5 Å². The van der Waals surface area contributed by atoms with E-state index in [4.69, 9.17) is 9.15 Å². The van der Waals surface area contributed by atoms with Crippen LogP contribution in [0.15, 0.2) is 64.2 Å². The first-order chi connectivity index (χ1) is 12.3. The van der Waals surface area contributed by atoms with Crippen molar-refractivity contribution in [3.8, 4) is 0 Å². The monoisotopic (exact) mass is 354 g/mol. The highest BCUT2D eigenvalue weighted by Crippen LogP contribution is 2.37. The molecule has 0 aliphatic carbocycles. The smallest absolute Gasteiger partial charge is 0.257 e. The van der Waals surface area contributed by atoms with Crippen LogP contribution < -0.4 is 0 Å². The van der Waals surface area contributed by atoms with Crippen LogP contribution in [0.1, 0.15) is 10.8 Å². The standard InChI is InChI=1S/C19H18N2O3S/c22-18(21-10-12-23-13-11-21)17(14-6-2-1-3-7-14)25-19-20-15-8-4-5-9-16(15)24-19/h1-9,17H,10-13H2. The highest BCUT2D eigenvalue weighted by Gasteiger charge is 2.29. The van der Waals surface area contributed by atoms with E-state index in [1.54, 1.807) is 0 Å². The molecule has 1 aliphatic rings. The zero-order chi connectivity index (χ0) is 17.1. The number of hydrogen-bond donors (Lipinski definition) is 0. The van der Waals surface area contributed by atoms with Gasteiger partial charge in [-0.1, -0.05) is 42.5 Å². The second-order valence-electron chi connectivity index (χ2n) is 5.79. The minimum absolute atomic E-state index is 0.0711. The van der Waals surface area contributed by atoms with Gasteiger partial charge >= 0.3 is 0 Å². The number of fused-ring (bicyclic) bond motifs is 1. The second kappa shape index (κ2) is 7.29. The van der Waals surface area contributed by atoms with Gasteiger partial charge in [0.25, 0.3) is 5.22 Å². The van der Waals surface area contributed by atoms with Crippen LogP contribution >= 0.6 is 11.8 Å². The number of carbonyl (C=O) groups excluding carboxylic acids is 1. The van der Waals surface area contributed by atoms with E-state index in [0.29, 0.717) is 31.5 Å². The van der Waals surface area contributed by atoms with Gasteiger partial charge in [0.15, 0.2) is 5.58 Å². The van der Waals surface area contributed by atoms with Crippen LogP contribution in [0.3, 0.4) is 0 Å². The third-order valence-corrected chi connectivity index (χ3v) is 5.23. The number of hydrogen-bond acceptors (Lipinski definition) is 5. The molecule has 3 aromatic rings. The van der Waals surface area contributed by atoms with Gasteiger partial charge in [-0.25, -0.2) is 4.98 Å². The molecule has 1 amide bonds. The predicted octanol–water partition coefficient (Wildman–Crippen LogP) is 3.52. The molecule has 0 bridgehead atoms. The molecule has 6 heteroatoms. The van der Waals surface area contributed by atoms with Gasteiger partial charge in [-0.2, -0.15) is 0 Å². The number of oxazole rings is 1. The summed E-state index contributed by atoms with van der Waals surface area (Å²) in [4.78, 5) is 19.5. The summed E-state index contributed by atoms with van der Waals surface area (Å²) in [7, 11) is 0. The highest BCUT2D eigenvalue weighted by molar-refractivity contribution is 8.00. The molecule has 1 unspecified atom stereocenters. The summed E-state index contributed by atoms with van der Waals surface area (Å²) in [6.45, 7) is 2.41. The average molecular weight is 354 g/mol. The Balaban J connectivity index is 1.63. The summed E-state index contributed by atoms with van der Waals surface area (Å²) in [6, 6.07) is 17.4. The molecule has 25 heavy (non-hydrogen) atoms. The Morgan fingerprint density at radius 3 is 2.52 bits per heavy atom. The largest absolute Gasteiger partial charge is 0.431 e. The molecular weight excluding hydrogens is 336 g/mol. The average Bonchev–Trinajstić information content (AvgIpc) is 3.09. The molecular formula is C19H18N2O3S. The Bertz CT molecular complexity index is 826. The molecule has 4 rings (SSSR count). The fourth-order valence-electron chi connectivity index (χ4n) is 2.84. The molecule has 0 N–H and O–H groups in total. The first-order valence-electron chi connectivity index (χ1n) is 8.25.